The number of esters is 1. The standard InChI is InChI=1S/C11H15NO2/c1-9(8-12)14-11(13)7-10-5-3-2-4-6-10/h2-6,9H,7-8,12H2,1H3. The second-order valence-electron chi connectivity index (χ2n) is 3.20. The summed E-state index contributed by atoms with van der Waals surface area (Å²) in [7, 11) is 0. The average molecular weight is 193 g/mol. The van der Waals surface area contributed by atoms with E-state index in [0.717, 1.165) is 5.56 Å². The summed E-state index contributed by atoms with van der Waals surface area (Å²) < 4.78 is 5.04. The Hall–Kier alpha value is -1.35. The lowest BCUT2D eigenvalue weighted by molar-refractivity contribution is -0.146. The van der Waals surface area contributed by atoms with E-state index in [-0.39, 0.29) is 12.1 Å². The Morgan fingerprint density at radius 3 is 2.64 bits per heavy atom. The van der Waals surface area contributed by atoms with Gasteiger partial charge in [0.15, 0.2) is 0 Å². The van der Waals surface area contributed by atoms with Gasteiger partial charge < -0.3 is 10.5 Å². The summed E-state index contributed by atoms with van der Waals surface area (Å²) in [5.74, 6) is -0.228. The predicted octanol–water partition coefficient (Wildman–Crippen LogP) is 1.12. The van der Waals surface area contributed by atoms with Crippen LogP contribution in [0.5, 0.6) is 0 Å². The quantitative estimate of drug-likeness (QED) is 0.729. The summed E-state index contributed by atoms with van der Waals surface area (Å²) in [6.45, 7) is 2.14. The molecular weight excluding hydrogens is 178 g/mol. The van der Waals surface area contributed by atoms with Crippen molar-refractivity contribution in [2.45, 2.75) is 19.4 Å². The van der Waals surface area contributed by atoms with Crippen LogP contribution in [0.25, 0.3) is 0 Å². The molecule has 0 amide bonds. The molecule has 1 aromatic rings. The number of rotatable bonds is 4. The van der Waals surface area contributed by atoms with Gasteiger partial charge in [-0.15, -0.1) is 0 Å². The van der Waals surface area contributed by atoms with Crippen molar-refractivity contribution in [2.75, 3.05) is 6.54 Å². The fourth-order valence-corrected chi connectivity index (χ4v) is 1.08. The van der Waals surface area contributed by atoms with E-state index in [1.165, 1.54) is 0 Å². The molecule has 1 unspecified atom stereocenters. The Labute approximate surface area is 83.9 Å². The van der Waals surface area contributed by atoms with Gasteiger partial charge in [-0.3, -0.25) is 4.79 Å². The maximum atomic E-state index is 11.3. The van der Waals surface area contributed by atoms with Gasteiger partial charge in [0.05, 0.1) is 6.42 Å². The second-order valence-corrected chi connectivity index (χ2v) is 3.20. The molecule has 76 valence electrons. The van der Waals surface area contributed by atoms with E-state index in [2.05, 4.69) is 0 Å². The Bertz CT molecular complexity index is 285. The van der Waals surface area contributed by atoms with Gasteiger partial charge in [0.2, 0.25) is 0 Å². The van der Waals surface area contributed by atoms with Gasteiger partial charge in [-0.2, -0.15) is 0 Å². The first-order valence-electron chi connectivity index (χ1n) is 4.66. The molecule has 1 aromatic carbocycles. The molecule has 0 heterocycles. The van der Waals surface area contributed by atoms with E-state index >= 15 is 0 Å². The molecule has 0 saturated heterocycles. The van der Waals surface area contributed by atoms with Gasteiger partial charge in [-0.1, -0.05) is 30.3 Å². The molecule has 14 heavy (non-hydrogen) atoms. The molecule has 0 aliphatic rings. The number of carbonyl (C=O) groups is 1. The van der Waals surface area contributed by atoms with Crippen LogP contribution in [0.3, 0.4) is 0 Å². The van der Waals surface area contributed by atoms with Crippen LogP contribution < -0.4 is 5.73 Å². The molecule has 3 heteroatoms. The molecule has 2 N–H and O–H groups in total. The number of nitrogens with two attached hydrogens (primary N) is 1. The van der Waals surface area contributed by atoms with Gasteiger partial charge in [0, 0.05) is 6.54 Å². The minimum absolute atomic E-state index is 0.203. The summed E-state index contributed by atoms with van der Waals surface area (Å²) in [5, 5.41) is 0. The molecule has 0 aliphatic heterocycles. The smallest absolute Gasteiger partial charge is 0.310 e. The third-order valence-electron chi connectivity index (χ3n) is 1.86. The number of hydrogen-bond donors (Lipinski definition) is 1. The number of ether oxygens (including phenoxy) is 1. The highest BCUT2D eigenvalue weighted by molar-refractivity contribution is 5.72. The van der Waals surface area contributed by atoms with Gasteiger partial charge in [-0.25, -0.2) is 0 Å². The van der Waals surface area contributed by atoms with Crippen LogP contribution in [0, 0.1) is 0 Å². The van der Waals surface area contributed by atoms with Crippen LogP contribution in [-0.2, 0) is 16.0 Å². The summed E-state index contributed by atoms with van der Waals surface area (Å²) in [6.07, 6.45) is 0.108. The van der Waals surface area contributed by atoms with Crippen molar-refractivity contribution < 1.29 is 9.53 Å². The van der Waals surface area contributed by atoms with Crippen molar-refractivity contribution in [3.8, 4) is 0 Å². The minimum Gasteiger partial charge on any atom is -0.461 e. The van der Waals surface area contributed by atoms with Crippen LogP contribution in [0.4, 0.5) is 0 Å². The summed E-state index contributed by atoms with van der Waals surface area (Å²) in [5.41, 5.74) is 6.30. The lowest BCUT2D eigenvalue weighted by Crippen LogP contribution is -2.24. The zero-order valence-corrected chi connectivity index (χ0v) is 8.27. The lowest BCUT2D eigenvalue weighted by Gasteiger charge is -2.10. The minimum atomic E-state index is -0.228. The lowest BCUT2D eigenvalue weighted by atomic mass is 10.1. The zero-order valence-electron chi connectivity index (χ0n) is 8.27. The molecule has 0 radical (unpaired) electrons. The molecule has 0 bridgehead atoms. The first-order valence-corrected chi connectivity index (χ1v) is 4.66. The van der Waals surface area contributed by atoms with Crippen molar-refractivity contribution in [3.63, 3.8) is 0 Å². The van der Waals surface area contributed by atoms with E-state index in [0.29, 0.717) is 13.0 Å². The highest BCUT2D eigenvalue weighted by Gasteiger charge is 2.07. The molecule has 0 saturated carbocycles. The monoisotopic (exact) mass is 193 g/mol. The fraction of sp³-hybridized carbons (Fsp3) is 0.364. The average Bonchev–Trinajstić information content (AvgIpc) is 2.19. The van der Waals surface area contributed by atoms with E-state index in [9.17, 15) is 4.79 Å². The molecule has 3 nitrogen and oxygen atoms in total. The van der Waals surface area contributed by atoms with Crippen molar-refractivity contribution >= 4 is 5.97 Å². The van der Waals surface area contributed by atoms with Gasteiger partial charge in [0.25, 0.3) is 0 Å². The fourth-order valence-electron chi connectivity index (χ4n) is 1.08. The molecule has 1 rings (SSSR count). The Balaban J connectivity index is 2.42. The maximum Gasteiger partial charge on any atom is 0.310 e. The highest BCUT2D eigenvalue weighted by atomic mass is 16.5. The van der Waals surface area contributed by atoms with E-state index in [1.54, 1.807) is 6.92 Å². The third kappa shape index (κ3) is 3.58. The number of hydrogen-bond acceptors (Lipinski definition) is 3. The molecule has 0 aliphatic carbocycles. The zero-order chi connectivity index (χ0) is 10.4. The van der Waals surface area contributed by atoms with Crippen molar-refractivity contribution in [2.24, 2.45) is 5.73 Å². The normalized spacial score (nSPS) is 12.1. The third-order valence-corrected chi connectivity index (χ3v) is 1.86. The SMILES string of the molecule is CC(CN)OC(=O)Cc1ccccc1. The topological polar surface area (TPSA) is 52.3 Å². The van der Waals surface area contributed by atoms with Gasteiger partial charge in [-0.05, 0) is 12.5 Å². The summed E-state index contributed by atoms with van der Waals surface area (Å²) in [6, 6.07) is 9.50. The molecule has 0 spiro atoms. The summed E-state index contributed by atoms with van der Waals surface area (Å²) in [4.78, 5) is 11.3. The van der Waals surface area contributed by atoms with Crippen LogP contribution in [0.15, 0.2) is 30.3 Å². The second kappa shape index (κ2) is 5.40. The van der Waals surface area contributed by atoms with Gasteiger partial charge >= 0.3 is 5.97 Å². The predicted molar refractivity (Wildman–Crippen MR) is 54.8 cm³/mol. The van der Waals surface area contributed by atoms with E-state index in [1.807, 2.05) is 30.3 Å². The Kier molecular flexibility index (Phi) is 4.13. The Morgan fingerprint density at radius 1 is 1.43 bits per heavy atom. The molecule has 1 atom stereocenters. The molecular formula is C11H15NO2. The van der Waals surface area contributed by atoms with E-state index < -0.39 is 0 Å². The molecule has 0 fully saturated rings. The largest absolute Gasteiger partial charge is 0.461 e. The first kappa shape index (κ1) is 10.7. The van der Waals surface area contributed by atoms with Gasteiger partial charge in [0.1, 0.15) is 6.10 Å². The van der Waals surface area contributed by atoms with Crippen molar-refractivity contribution in [1.29, 1.82) is 0 Å². The first-order chi connectivity index (χ1) is 6.72. The van der Waals surface area contributed by atoms with Crippen LogP contribution in [0.2, 0.25) is 0 Å². The van der Waals surface area contributed by atoms with Crippen molar-refractivity contribution in [3.05, 3.63) is 35.9 Å². The van der Waals surface area contributed by atoms with Crippen LogP contribution >= 0.6 is 0 Å². The number of benzene rings is 1. The highest BCUT2D eigenvalue weighted by Crippen LogP contribution is 2.01. The number of carbonyl (C=O) groups excluding carboxylic acids is 1. The van der Waals surface area contributed by atoms with Crippen LogP contribution in [-0.4, -0.2) is 18.6 Å². The van der Waals surface area contributed by atoms with Crippen LogP contribution in [0.1, 0.15) is 12.5 Å². The van der Waals surface area contributed by atoms with Crippen molar-refractivity contribution in [1.82, 2.24) is 0 Å². The maximum absolute atomic E-state index is 11.3. The molecule has 0 aromatic heterocycles. The Morgan fingerprint density at radius 2 is 2.07 bits per heavy atom. The van der Waals surface area contributed by atoms with E-state index in [4.69, 9.17) is 10.5 Å². The summed E-state index contributed by atoms with van der Waals surface area (Å²) >= 11 is 0.